The topological polar surface area (TPSA) is 33.3 Å². The van der Waals surface area contributed by atoms with Crippen molar-refractivity contribution in [3.05, 3.63) is 11.1 Å². The van der Waals surface area contributed by atoms with Crippen molar-refractivity contribution in [2.45, 2.75) is 6.92 Å². The molecule has 3 heteroatoms. The maximum atomic E-state index is 4.93. The normalized spacial score (nSPS) is 16.0. The smallest absolute Gasteiger partial charge is 0.0587 e. The minimum Gasteiger partial charge on any atom is -0.383 e. The zero-order valence-electron chi connectivity index (χ0n) is 7.94. The summed E-state index contributed by atoms with van der Waals surface area (Å²) in [5, 5.41) is 6.56. The highest BCUT2D eigenvalue weighted by molar-refractivity contribution is 5.22. The number of hydrogen-bond acceptors (Lipinski definition) is 3. The molecule has 0 aromatic carbocycles. The molecular formula is C9H18N2O. The van der Waals surface area contributed by atoms with Gasteiger partial charge in [-0.3, -0.25) is 0 Å². The Bertz CT molecular complexity index is 160. The number of nitrogens with one attached hydrogen (secondary N) is 2. The first-order valence-electron chi connectivity index (χ1n) is 4.42. The van der Waals surface area contributed by atoms with Crippen LogP contribution < -0.4 is 10.6 Å². The molecule has 70 valence electrons. The van der Waals surface area contributed by atoms with Crippen LogP contribution in [0.15, 0.2) is 11.1 Å². The molecule has 0 radical (unpaired) electrons. The van der Waals surface area contributed by atoms with Crippen molar-refractivity contribution in [3.63, 3.8) is 0 Å². The largest absolute Gasteiger partial charge is 0.383 e. The maximum absolute atomic E-state index is 4.93. The first-order chi connectivity index (χ1) is 5.84. The van der Waals surface area contributed by atoms with Crippen molar-refractivity contribution >= 4 is 0 Å². The minimum atomic E-state index is 0.793. The van der Waals surface area contributed by atoms with Crippen molar-refractivity contribution in [1.29, 1.82) is 0 Å². The molecule has 1 heterocycles. The summed E-state index contributed by atoms with van der Waals surface area (Å²) in [5.41, 5.74) is 3.03. The number of ether oxygens (including phenoxy) is 1. The number of methoxy groups -OCH3 is 1. The predicted octanol–water partition coefficient (Wildman–Crippen LogP) is 0.142. The van der Waals surface area contributed by atoms with E-state index in [9.17, 15) is 0 Å². The number of hydrogen-bond donors (Lipinski definition) is 2. The van der Waals surface area contributed by atoms with Crippen LogP contribution in [0, 0.1) is 0 Å². The van der Waals surface area contributed by atoms with Gasteiger partial charge in [0, 0.05) is 33.3 Å². The van der Waals surface area contributed by atoms with Gasteiger partial charge in [-0.05, 0) is 12.5 Å². The zero-order valence-corrected chi connectivity index (χ0v) is 7.94. The van der Waals surface area contributed by atoms with Crippen LogP contribution in [-0.2, 0) is 4.74 Å². The van der Waals surface area contributed by atoms with E-state index in [-0.39, 0.29) is 0 Å². The highest BCUT2D eigenvalue weighted by atomic mass is 16.5. The highest BCUT2D eigenvalue weighted by Gasteiger charge is 2.09. The summed E-state index contributed by atoms with van der Waals surface area (Å²) in [6, 6.07) is 0. The Morgan fingerprint density at radius 3 is 2.83 bits per heavy atom. The van der Waals surface area contributed by atoms with Gasteiger partial charge in [-0.2, -0.15) is 0 Å². The molecule has 0 aromatic rings. The van der Waals surface area contributed by atoms with Crippen LogP contribution in [-0.4, -0.2) is 39.9 Å². The van der Waals surface area contributed by atoms with E-state index in [1.54, 1.807) is 12.7 Å². The highest BCUT2D eigenvalue weighted by Crippen LogP contribution is 2.06. The van der Waals surface area contributed by atoms with Gasteiger partial charge in [0.15, 0.2) is 0 Å². The minimum absolute atomic E-state index is 0.793. The van der Waals surface area contributed by atoms with Crippen LogP contribution in [0.2, 0.25) is 0 Å². The first-order valence-corrected chi connectivity index (χ1v) is 4.42. The lowest BCUT2D eigenvalue weighted by atomic mass is 10.0. The van der Waals surface area contributed by atoms with Gasteiger partial charge in [0.05, 0.1) is 6.61 Å². The van der Waals surface area contributed by atoms with Crippen molar-refractivity contribution < 1.29 is 4.74 Å². The van der Waals surface area contributed by atoms with Gasteiger partial charge in [-0.25, -0.2) is 0 Å². The third kappa shape index (κ3) is 2.93. The second-order valence-electron chi connectivity index (χ2n) is 3.16. The molecule has 1 fully saturated rings. The Morgan fingerprint density at radius 1 is 1.58 bits per heavy atom. The van der Waals surface area contributed by atoms with E-state index in [4.69, 9.17) is 4.74 Å². The molecule has 3 nitrogen and oxygen atoms in total. The molecule has 0 bridgehead atoms. The second-order valence-corrected chi connectivity index (χ2v) is 3.16. The molecule has 0 amide bonds. The fraction of sp³-hybridized carbons (Fsp3) is 0.778. The van der Waals surface area contributed by atoms with Gasteiger partial charge in [-0.15, -0.1) is 0 Å². The van der Waals surface area contributed by atoms with Gasteiger partial charge >= 0.3 is 0 Å². The van der Waals surface area contributed by atoms with Crippen LogP contribution in [0.4, 0.5) is 0 Å². The van der Waals surface area contributed by atoms with E-state index in [0.29, 0.717) is 0 Å². The van der Waals surface area contributed by atoms with E-state index in [2.05, 4.69) is 17.6 Å². The third-order valence-corrected chi connectivity index (χ3v) is 2.15. The molecule has 1 saturated heterocycles. The van der Waals surface area contributed by atoms with E-state index in [0.717, 1.165) is 32.8 Å². The molecule has 0 spiro atoms. The Hall–Kier alpha value is -0.380. The molecule has 0 unspecified atom stereocenters. The average Bonchev–Trinajstić information content (AvgIpc) is 1.95. The Morgan fingerprint density at radius 2 is 2.33 bits per heavy atom. The first kappa shape index (κ1) is 9.71. The van der Waals surface area contributed by atoms with Crippen molar-refractivity contribution in [3.8, 4) is 0 Å². The second kappa shape index (κ2) is 5.30. The number of rotatable bonds is 5. The van der Waals surface area contributed by atoms with Gasteiger partial charge < -0.3 is 15.4 Å². The summed E-state index contributed by atoms with van der Waals surface area (Å²) >= 11 is 0. The Balaban J connectivity index is 2.06. The van der Waals surface area contributed by atoms with Crippen molar-refractivity contribution in [1.82, 2.24) is 10.6 Å². The fourth-order valence-corrected chi connectivity index (χ4v) is 1.13. The van der Waals surface area contributed by atoms with Gasteiger partial charge in [0.2, 0.25) is 0 Å². The molecule has 0 aliphatic carbocycles. The monoisotopic (exact) mass is 170 g/mol. The SMILES string of the molecule is COCCNCC(C)=C1CNC1. The molecule has 0 atom stereocenters. The lowest BCUT2D eigenvalue weighted by molar-refractivity contribution is 0.200. The van der Waals surface area contributed by atoms with Crippen LogP contribution in [0.1, 0.15) is 6.92 Å². The zero-order chi connectivity index (χ0) is 8.81. The average molecular weight is 170 g/mol. The predicted molar refractivity (Wildman–Crippen MR) is 50.3 cm³/mol. The summed E-state index contributed by atoms with van der Waals surface area (Å²) < 4.78 is 4.93. The third-order valence-electron chi connectivity index (χ3n) is 2.15. The molecule has 1 rings (SSSR count). The Kier molecular flexibility index (Phi) is 4.29. The molecule has 2 N–H and O–H groups in total. The van der Waals surface area contributed by atoms with Crippen molar-refractivity contribution in [2.75, 3.05) is 39.9 Å². The van der Waals surface area contributed by atoms with Crippen LogP contribution in [0.25, 0.3) is 0 Å². The van der Waals surface area contributed by atoms with E-state index >= 15 is 0 Å². The van der Waals surface area contributed by atoms with Gasteiger partial charge in [0.1, 0.15) is 0 Å². The summed E-state index contributed by atoms with van der Waals surface area (Å²) in [6.45, 7) is 7.08. The lowest BCUT2D eigenvalue weighted by Crippen LogP contribution is -2.36. The van der Waals surface area contributed by atoms with Gasteiger partial charge in [-0.1, -0.05) is 5.57 Å². The molecule has 1 aliphatic rings. The van der Waals surface area contributed by atoms with E-state index in [1.807, 2.05) is 0 Å². The lowest BCUT2D eigenvalue weighted by Gasteiger charge is -2.22. The fourth-order valence-electron chi connectivity index (χ4n) is 1.13. The summed E-state index contributed by atoms with van der Waals surface area (Å²) in [4.78, 5) is 0. The summed E-state index contributed by atoms with van der Waals surface area (Å²) in [5.74, 6) is 0. The standard InChI is InChI=1S/C9H18N2O/c1-8(9-6-11-7-9)5-10-3-4-12-2/h10-11H,3-7H2,1-2H3. The van der Waals surface area contributed by atoms with Crippen LogP contribution in [0.3, 0.4) is 0 Å². The van der Waals surface area contributed by atoms with Crippen LogP contribution >= 0.6 is 0 Å². The van der Waals surface area contributed by atoms with E-state index < -0.39 is 0 Å². The molecule has 12 heavy (non-hydrogen) atoms. The van der Waals surface area contributed by atoms with E-state index in [1.165, 1.54) is 5.57 Å². The van der Waals surface area contributed by atoms with Crippen LogP contribution in [0.5, 0.6) is 0 Å². The maximum Gasteiger partial charge on any atom is 0.0587 e. The molecule has 0 saturated carbocycles. The molecule has 0 aromatic heterocycles. The molecular weight excluding hydrogens is 152 g/mol. The van der Waals surface area contributed by atoms with Gasteiger partial charge in [0.25, 0.3) is 0 Å². The molecule has 1 aliphatic heterocycles. The summed E-state index contributed by atoms with van der Waals surface area (Å²) in [6.07, 6.45) is 0. The Labute approximate surface area is 74.2 Å². The summed E-state index contributed by atoms with van der Waals surface area (Å²) in [7, 11) is 1.73. The quantitative estimate of drug-likeness (QED) is 0.455. The van der Waals surface area contributed by atoms with Crippen molar-refractivity contribution in [2.24, 2.45) is 0 Å².